The molecular formula is C26H22FN3O2S. The number of rotatable bonds is 5. The molecule has 33 heavy (non-hydrogen) atoms. The number of halogens is 1. The highest BCUT2D eigenvalue weighted by molar-refractivity contribution is 8.14. The number of amidine groups is 1. The van der Waals surface area contributed by atoms with Gasteiger partial charge in [0, 0.05) is 5.69 Å². The fourth-order valence-electron chi connectivity index (χ4n) is 3.31. The number of benzene rings is 3. The molecule has 3 aromatic carbocycles. The monoisotopic (exact) mass is 459 g/mol. The van der Waals surface area contributed by atoms with Crippen LogP contribution in [-0.2, 0) is 9.59 Å². The number of hydrogen-bond acceptors (Lipinski definition) is 4. The summed E-state index contributed by atoms with van der Waals surface area (Å²) in [5.41, 5.74) is 4.34. The predicted octanol–water partition coefficient (Wildman–Crippen LogP) is 5.56. The first kappa shape index (κ1) is 22.5. The molecule has 0 saturated carbocycles. The maximum atomic E-state index is 13.5. The van der Waals surface area contributed by atoms with Crippen LogP contribution in [0.15, 0.2) is 83.5 Å². The smallest absolute Gasteiger partial charge is 0.283 e. The van der Waals surface area contributed by atoms with Crippen molar-refractivity contribution in [1.29, 1.82) is 0 Å². The van der Waals surface area contributed by atoms with E-state index in [-0.39, 0.29) is 23.3 Å². The van der Waals surface area contributed by atoms with E-state index in [2.05, 4.69) is 10.3 Å². The van der Waals surface area contributed by atoms with Crippen molar-refractivity contribution in [3.8, 4) is 0 Å². The zero-order chi connectivity index (χ0) is 23.4. The van der Waals surface area contributed by atoms with E-state index in [1.165, 1.54) is 29.2 Å². The van der Waals surface area contributed by atoms with Crippen LogP contribution in [0.25, 0.3) is 6.08 Å². The SMILES string of the molecule is Cc1ccc(C)c(NC(=O)CSC2=NC(=Cc3ccccc3)C(=O)N2c2ccc(F)cc2)c1. The van der Waals surface area contributed by atoms with E-state index in [0.29, 0.717) is 10.9 Å². The van der Waals surface area contributed by atoms with Gasteiger partial charge in [0.2, 0.25) is 5.91 Å². The van der Waals surface area contributed by atoms with Crippen molar-refractivity contribution in [3.63, 3.8) is 0 Å². The third-order valence-corrected chi connectivity index (χ3v) is 5.96. The third kappa shape index (κ3) is 5.38. The van der Waals surface area contributed by atoms with Crippen molar-refractivity contribution in [2.45, 2.75) is 13.8 Å². The van der Waals surface area contributed by atoms with Crippen LogP contribution < -0.4 is 10.2 Å². The average molecular weight is 460 g/mol. The second-order valence-electron chi connectivity index (χ2n) is 7.61. The Bertz CT molecular complexity index is 1250. The molecular weight excluding hydrogens is 437 g/mol. The number of nitrogens with zero attached hydrogens (tertiary/aromatic N) is 2. The van der Waals surface area contributed by atoms with E-state index in [4.69, 9.17) is 0 Å². The molecule has 166 valence electrons. The molecule has 4 rings (SSSR count). The fraction of sp³-hybridized carbons (Fsp3) is 0.115. The molecule has 0 bridgehead atoms. The van der Waals surface area contributed by atoms with Gasteiger partial charge < -0.3 is 5.32 Å². The lowest BCUT2D eigenvalue weighted by molar-refractivity contribution is -0.114. The molecule has 0 radical (unpaired) electrons. The molecule has 1 aliphatic heterocycles. The van der Waals surface area contributed by atoms with Gasteiger partial charge in [-0.25, -0.2) is 9.38 Å². The Morgan fingerprint density at radius 3 is 2.52 bits per heavy atom. The first-order valence-electron chi connectivity index (χ1n) is 10.4. The summed E-state index contributed by atoms with van der Waals surface area (Å²) in [6, 6.07) is 20.9. The Balaban J connectivity index is 1.56. The number of thioether (sulfide) groups is 1. The molecule has 0 aromatic heterocycles. The van der Waals surface area contributed by atoms with Crippen molar-refractivity contribution >= 4 is 46.2 Å². The Morgan fingerprint density at radius 1 is 1.06 bits per heavy atom. The normalized spacial score (nSPS) is 14.5. The Hall–Kier alpha value is -3.71. The minimum atomic E-state index is -0.399. The summed E-state index contributed by atoms with van der Waals surface area (Å²) >= 11 is 1.16. The van der Waals surface area contributed by atoms with Crippen LogP contribution in [-0.4, -0.2) is 22.7 Å². The van der Waals surface area contributed by atoms with Crippen LogP contribution in [0.1, 0.15) is 16.7 Å². The third-order valence-electron chi connectivity index (χ3n) is 5.02. The van der Waals surface area contributed by atoms with Gasteiger partial charge in [-0.3, -0.25) is 14.5 Å². The Kier molecular flexibility index (Phi) is 6.70. The maximum absolute atomic E-state index is 13.5. The first-order valence-corrected chi connectivity index (χ1v) is 11.3. The van der Waals surface area contributed by atoms with Gasteiger partial charge in [0.1, 0.15) is 11.5 Å². The van der Waals surface area contributed by atoms with Gasteiger partial charge >= 0.3 is 0 Å². The molecule has 1 N–H and O–H groups in total. The summed E-state index contributed by atoms with van der Waals surface area (Å²) in [6.45, 7) is 3.89. The minimum Gasteiger partial charge on any atom is -0.325 e. The zero-order valence-electron chi connectivity index (χ0n) is 18.2. The van der Waals surface area contributed by atoms with Crippen molar-refractivity contribution in [2.75, 3.05) is 16.0 Å². The second-order valence-corrected chi connectivity index (χ2v) is 8.55. The lowest BCUT2D eigenvalue weighted by atomic mass is 10.1. The minimum absolute atomic E-state index is 0.0653. The molecule has 0 unspecified atom stereocenters. The van der Waals surface area contributed by atoms with Crippen molar-refractivity contribution < 1.29 is 14.0 Å². The van der Waals surface area contributed by atoms with Gasteiger partial charge in [-0.2, -0.15) is 0 Å². The molecule has 1 aliphatic rings. The molecule has 3 aromatic rings. The number of anilines is 2. The number of carbonyl (C=O) groups is 2. The largest absolute Gasteiger partial charge is 0.325 e. The summed E-state index contributed by atoms with van der Waals surface area (Å²) in [5.74, 6) is -0.869. The van der Waals surface area contributed by atoms with Crippen molar-refractivity contribution in [3.05, 3.63) is 101 Å². The Labute approximate surface area is 196 Å². The van der Waals surface area contributed by atoms with Crippen LogP contribution in [0.4, 0.5) is 15.8 Å². The highest BCUT2D eigenvalue weighted by atomic mass is 32.2. The second kappa shape index (κ2) is 9.83. The summed E-state index contributed by atoms with van der Waals surface area (Å²) < 4.78 is 13.5. The van der Waals surface area contributed by atoms with Crippen LogP contribution in [0.3, 0.4) is 0 Å². The summed E-state index contributed by atoms with van der Waals surface area (Å²) in [4.78, 5) is 31.7. The summed E-state index contributed by atoms with van der Waals surface area (Å²) in [5, 5.41) is 3.28. The number of carbonyl (C=O) groups excluding carboxylic acids is 2. The average Bonchev–Trinajstić information content (AvgIpc) is 3.11. The quantitative estimate of drug-likeness (QED) is 0.508. The topological polar surface area (TPSA) is 61.8 Å². The highest BCUT2D eigenvalue weighted by Gasteiger charge is 2.32. The predicted molar refractivity (Wildman–Crippen MR) is 133 cm³/mol. The van der Waals surface area contributed by atoms with Crippen molar-refractivity contribution in [2.24, 2.45) is 4.99 Å². The van der Waals surface area contributed by atoms with Gasteiger partial charge in [-0.1, -0.05) is 54.2 Å². The molecule has 0 saturated heterocycles. The molecule has 0 spiro atoms. The van der Waals surface area contributed by atoms with Crippen molar-refractivity contribution in [1.82, 2.24) is 0 Å². The van der Waals surface area contributed by atoms with Gasteiger partial charge in [-0.15, -0.1) is 0 Å². The molecule has 0 fully saturated rings. The number of amides is 2. The van der Waals surface area contributed by atoms with E-state index in [1.54, 1.807) is 6.08 Å². The van der Waals surface area contributed by atoms with Crippen LogP contribution in [0.5, 0.6) is 0 Å². The van der Waals surface area contributed by atoms with Gasteiger partial charge in [0.15, 0.2) is 5.17 Å². The summed E-state index contributed by atoms with van der Waals surface area (Å²) in [7, 11) is 0. The number of nitrogens with one attached hydrogen (secondary N) is 1. The van der Waals surface area contributed by atoms with E-state index in [1.807, 2.05) is 62.4 Å². The molecule has 0 aliphatic carbocycles. The molecule has 1 heterocycles. The Morgan fingerprint density at radius 2 is 1.79 bits per heavy atom. The van der Waals surface area contributed by atoms with Gasteiger partial charge in [0.05, 0.1) is 11.4 Å². The lowest BCUT2D eigenvalue weighted by Crippen LogP contribution is -2.31. The molecule has 5 nitrogen and oxygen atoms in total. The lowest BCUT2D eigenvalue weighted by Gasteiger charge is -2.17. The van der Waals surface area contributed by atoms with Crippen LogP contribution >= 0.6 is 11.8 Å². The van der Waals surface area contributed by atoms with E-state index >= 15 is 0 Å². The fourth-order valence-corrected chi connectivity index (χ4v) is 4.12. The number of hydrogen-bond donors (Lipinski definition) is 1. The first-order chi connectivity index (χ1) is 15.9. The van der Waals surface area contributed by atoms with E-state index in [0.717, 1.165) is 34.1 Å². The zero-order valence-corrected chi connectivity index (χ0v) is 19.0. The molecule has 2 amide bonds. The number of aliphatic imine (C=N–C) groups is 1. The number of aryl methyl sites for hydroxylation is 2. The van der Waals surface area contributed by atoms with E-state index in [9.17, 15) is 14.0 Å². The van der Waals surface area contributed by atoms with Gasteiger partial charge in [-0.05, 0) is 66.9 Å². The summed E-state index contributed by atoms with van der Waals surface area (Å²) in [6.07, 6.45) is 1.70. The van der Waals surface area contributed by atoms with Crippen LogP contribution in [0.2, 0.25) is 0 Å². The van der Waals surface area contributed by atoms with E-state index < -0.39 is 5.82 Å². The standard InChI is InChI=1S/C26H22FN3O2S/c1-17-8-9-18(2)22(14-17)28-24(31)16-33-26-29-23(15-19-6-4-3-5-7-19)25(32)30(26)21-12-10-20(27)11-13-21/h3-15H,16H2,1-2H3,(H,28,31). The molecule has 0 atom stereocenters. The van der Waals surface area contributed by atoms with Gasteiger partial charge in [0.25, 0.3) is 5.91 Å². The van der Waals surface area contributed by atoms with Crippen LogP contribution in [0, 0.1) is 19.7 Å². The highest BCUT2D eigenvalue weighted by Crippen LogP contribution is 2.30. The maximum Gasteiger partial charge on any atom is 0.283 e. The molecule has 7 heteroatoms.